The molecule has 0 spiro atoms. The Morgan fingerprint density at radius 3 is 2.62 bits per heavy atom. The van der Waals surface area contributed by atoms with Crippen molar-refractivity contribution in [2.75, 3.05) is 0 Å². The van der Waals surface area contributed by atoms with Crippen molar-refractivity contribution in [3.05, 3.63) is 65.0 Å². The Labute approximate surface area is 172 Å². The quantitative estimate of drug-likeness (QED) is 0.530. The molecule has 0 bridgehead atoms. The molecule has 152 valence electrons. The van der Waals surface area contributed by atoms with Gasteiger partial charge in [-0.1, -0.05) is 43.7 Å². The first-order chi connectivity index (χ1) is 13.6. The Morgan fingerprint density at radius 1 is 1.24 bits per heavy atom. The van der Waals surface area contributed by atoms with Gasteiger partial charge in [0.05, 0.1) is 0 Å². The van der Waals surface area contributed by atoms with Gasteiger partial charge in [0.1, 0.15) is 11.7 Å². The van der Waals surface area contributed by atoms with Crippen LogP contribution in [0.2, 0.25) is 0 Å². The largest absolute Gasteiger partial charge is 0.357 e. The molecule has 29 heavy (non-hydrogen) atoms. The number of piperazine rings is 1. The maximum Gasteiger partial charge on any atom is 0.268 e. The number of benzene rings is 1. The molecule has 0 saturated carbocycles. The Kier molecular flexibility index (Phi) is 5.51. The van der Waals surface area contributed by atoms with E-state index in [-0.39, 0.29) is 22.9 Å². The second kappa shape index (κ2) is 7.74. The van der Waals surface area contributed by atoms with Crippen LogP contribution in [0.4, 0.5) is 0 Å². The number of rotatable bonds is 5. The van der Waals surface area contributed by atoms with Crippen molar-refractivity contribution >= 4 is 28.8 Å². The first-order valence-electron chi connectivity index (χ1n) is 9.88. The summed E-state index contributed by atoms with van der Waals surface area (Å²) >= 11 is 0. The predicted octanol–water partition coefficient (Wildman–Crippen LogP) is 4.12. The smallest absolute Gasteiger partial charge is 0.268 e. The van der Waals surface area contributed by atoms with Gasteiger partial charge < -0.3 is 15.6 Å². The monoisotopic (exact) mass is 391 g/mol. The van der Waals surface area contributed by atoms with Crippen LogP contribution in [-0.4, -0.2) is 22.8 Å². The fourth-order valence-electron chi connectivity index (χ4n) is 3.36. The number of aromatic nitrogens is 1. The molecule has 1 saturated heterocycles. The molecule has 2 amide bonds. The van der Waals surface area contributed by atoms with Crippen molar-refractivity contribution in [3.8, 4) is 0 Å². The lowest BCUT2D eigenvalue weighted by Gasteiger charge is -2.23. The minimum absolute atomic E-state index is 0.218. The zero-order valence-electron chi connectivity index (χ0n) is 17.8. The highest BCUT2D eigenvalue weighted by Gasteiger charge is 2.28. The highest BCUT2D eigenvalue weighted by molar-refractivity contribution is 6.08. The molecule has 1 aliphatic rings. The third kappa shape index (κ3) is 4.19. The van der Waals surface area contributed by atoms with E-state index in [0.717, 1.165) is 28.6 Å². The third-order valence-corrected chi connectivity index (χ3v) is 5.34. The van der Waals surface area contributed by atoms with E-state index in [4.69, 9.17) is 0 Å². The van der Waals surface area contributed by atoms with Gasteiger partial charge in [0.15, 0.2) is 0 Å². The SMILES string of the molecule is C=CC(C)(C)c1[nH]c2cc(CC=C(C)C)ccc2c1/C=C1\NC(=O)C(C)NC1=O. The number of nitrogens with one attached hydrogen (secondary N) is 3. The molecule has 1 aliphatic heterocycles. The molecule has 0 aliphatic carbocycles. The van der Waals surface area contributed by atoms with Crippen LogP contribution in [0.3, 0.4) is 0 Å². The minimum Gasteiger partial charge on any atom is -0.357 e. The Bertz CT molecular complexity index is 1050. The summed E-state index contributed by atoms with van der Waals surface area (Å²) in [6.07, 6.45) is 6.70. The molecule has 1 atom stereocenters. The van der Waals surface area contributed by atoms with Gasteiger partial charge in [-0.05, 0) is 44.9 Å². The molecule has 1 fully saturated rings. The second-order valence-corrected chi connectivity index (χ2v) is 8.45. The summed E-state index contributed by atoms with van der Waals surface area (Å²) in [5.74, 6) is -0.502. The van der Waals surface area contributed by atoms with Crippen LogP contribution in [0.1, 0.15) is 51.4 Å². The van der Waals surface area contributed by atoms with Crippen LogP contribution in [0, 0.1) is 0 Å². The average molecular weight is 392 g/mol. The van der Waals surface area contributed by atoms with Crippen molar-refractivity contribution in [1.29, 1.82) is 0 Å². The molecule has 5 heteroatoms. The van der Waals surface area contributed by atoms with Gasteiger partial charge in [-0.15, -0.1) is 6.58 Å². The number of carbonyl (C=O) groups excluding carboxylic acids is 2. The minimum atomic E-state index is -0.538. The van der Waals surface area contributed by atoms with Crippen molar-refractivity contribution in [2.24, 2.45) is 0 Å². The lowest BCUT2D eigenvalue weighted by atomic mass is 9.86. The summed E-state index contributed by atoms with van der Waals surface area (Å²) in [5, 5.41) is 6.42. The molecule has 3 N–H and O–H groups in total. The molecule has 1 aromatic carbocycles. The number of carbonyl (C=O) groups is 2. The molecule has 1 aromatic heterocycles. The van der Waals surface area contributed by atoms with Crippen molar-refractivity contribution < 1.29 is 9.59 Å². The van der Waals surface area contributed by atoms with Crippen LogP contribution in [0.15, 0.2) is 48.2 Å². The van der Waals surface area contributed by atoms with Gasteiger partial charge in [-0.3, -0.25) is 9.59 Å². The highest BCUT2D eigenvalue weighted by atomic mass is 16.2. The number of aromatic amines is 1. The van der Waals surface area contributed by atoms with Gasteiger partial charge in [0, 0.05) is 27.6 Å². The van der Waals surface area contributed by atoms with Gasteiger partial charge in [-0.2, -0.15) is 0 Å². The Hall–Kier alpha value is -3.08. The van der Waals surface area contributed by atoms with E-state index in [1.54, 1.807) is 13.0 Å². The number of fused-ring (bicyclic) bond motifs is 1. The van der Waals surface area contributed by atoms with Crippen LogP contribution in [0.25, 0.3) is 17.0 Å². The van der Waals surface area contributed by atoms with Gasteiger partial charge >= 0.3 is 0 Å². The summed E-state index contributed by atoms with van der Waals surface area (Å²) in [7, 11) is 0. The molecule has 0 radical (unpaired) electrons. The van der Waals surface area contributed by atoms with E-state index in [0.29, 0.717) is 0 Å². The van der Waals surface area contributed by atoms with Gasteiger partial charge in [0.25, 0.3) is 5.91 Å². The van der Waals surface area contributed by atoms with E-state index in [1.165, 1.54) is 11.1 Å². The van der Waals surface area contributed by atoms with E-state index < -0.39 is 6.04 Å². The van der Waals surface area contributed by atoms with Crippen molar-refractivity contribution in [3.63, 3.8) is 0 Å². The summed E-state index contributed by atoms with van der Waals surface area (Å²) in [4.78, 5) is 28.0. The van der Waals surface area contributed by atoms with E-state index in [2.05, 4.69) is 74.2 Å². The molecular weight excluding hydrogens is 362 g/mol. The number of hydrogen-bond donors (Lipinski definition) is 3. The molecule has 5 nitrogen and oxygen atoms in total. The number of H-pyrrole nitrogens is 1. The van der Waals surface area contributed by atoms with Crippen LogP contribution in [-0.2, 0) is 21.4 Å². The number of amides is 2. The third-order valence-electron chi connectivity index (χ3n) is 5.34. The lowest BCUT2D eigenvalue weighted by molar-refractivity contribution is -0.130. The first-order valence-corrected chi connectivity index (χ1v) is 9.88. The summed E-state index contributed by atoms with van der Waals surface area (Å²) in [6.45, 7) is 14.0. The van der Waals surface area contributed by atoms with Crippen molar-refractivity contribution in [2.45, 2.75) is 52.5 Å². The maximum atomic E-state index is 12.4. The fraction of sp³-hybridized carbons (Fsp3) is 0.333. The van der Waals surface area contributed by atoms with Gasteiger partial charge in [-0.25, -0.2) is 0 Å². The number of hydrogen-bond acceptors (Lipinski definition) is 2. The van der Waals surface area contributed by atoms with Crippen molar-refractivity contribution in [1.82, 2.24) is 15.6 Å². The summed E-state index contributed by atoms with van der Waals surface area (Å²) in [6, 6.07) is 5.77. The summed E-state index contributed by atoms with van der Waals surface area (Å²) in [5.41, 5.74) is 5.24. The maximum absolute atomic E-state index is 12.4. The van der Waals surface area contributed by atoms with Crippen LogP contribution < -0.4 is 10.6 Å². The standard InChI is InChI=1S/C24H29N3O2/c1-7-24(5,6)21-18(13-20-23(29)25-15(4)22(28)27-20)17-11-10-16(9-8-14(2)3)12-19(17)26-21/h7-8,10-13,15,26H,1,9H2,2-6H3,(H,25,29)(H,27,28)/b20-13-. The summed E-state index contributed by atoms with van der Waals surface area (Å²) < 4.78 is 0. The molecule has 1 unspecified atom stereocenters. The lowest BCUT2D eigenvalue weighted by Crippen LogP contribution is -2.53. The van der Waals surface area contributed by atoms with Gasteiger partial charge in [0.2, 0.25) is 5.91 Å². The average Bonchev–Trinajstić information content (AvgIpc) is 3.03. The molecule has 2 aromatic rings. The second-order valence-electron chi connectivity index (χ2n) is 8.45. The fourth-order valence-corrected chi connectivity index (χ4v) is 3.36. The topological polar surface area (TPSA) is 74.0 Å². The van der Waals surface area contributed by atoms with E-state index >= 15 is 0 Å². The van der Waals surface area contributed by atoms with Crippen LogP contribution >= 0.6 is 0 Å². The zero-order valence-corrected chi connectivity index (χ0v) is 17.8. The Morgan fingerprint density at radius 2 is 1.97 bits per heavy atom. The predicted molar refractivity (Wildman–Crippen MR) is 118 cm³/mol. The zero-order chi connectivity index (χ0) is 21.3. The Balaban J connectivity index is 2.15. The first kappa shape index (κ1) is 20.6. The van der Waals surface area contributed by atoms with E-state index in [9.17, 15) is 9.59 Å². The number of allylic oxidation sites excluding steroid dienone is 3. The molecule has 2 heterocycles. The van der Waals surface area contributed by atoms with Crippen LogP contribution in [0.5, 0.6) is 0 Å². The van der Waals surface area contributed by atoms with E-state index in [1.807, 2.05) is 6.08 Å². The molecular formula is C24H29N3O2. The highest BCUT2D eigenvalue weighted by Crippen LogP contribution is 2.34. The normalized spacial score (nSPS) is 18.5. The molecule has 3 rings (SSSR count).